The van der Waals surface area contributed by atoms with Crippen molar-refractivity contribution in [3.8, 4) is 0 Å². The van der Waals surface area contributed by atoms with E-state index in [-0.39, 0.29) is 24.4 Å². The Kier molecular flexibility index (Phi) is 9.37. The Morgan fingerprint density at radius 1 is 1.18 bits per heavy atom. The number of hydrogen-bond acceptors (Lipinski definition) is 4. The predicted molar refractivity (Wildman–Crippen MR) is 65.7 cm³/mol. The number of nitrogens with one attached hydrogen (secondary N) is 3. The van der Waals surface area contributed by atoms with E-state index in [0.29, 0.717) is 26.1 Å². The second-order valence-electron chi connectivity index (χ2n) is 3.99. The molecule has 0 aliphatic rings. The highest BCUT2D eigenvalue weighted by Gasteiger charge is 2.03. The fourth-order valence-corrected chi connectivity index (χ4v) is 1.16. The minimum atomic E-state index is -0.0557. The molecule has 3 N–H and O–H groups in total. The molecule has 100 valence electrons. The Morgan fingerprint density at radius 3 is 2.47 bits per heavy atom. The lowest BCUT2D eigenvalue weighted by Gasteiger charge is -2.09. The highest BCUT2D eigenvalue weighted by molar-refractivity contribution is 5.78. The van der Waals surface area contributed by atoms with E-state index in [1.165, 1.54) is 0 Å². The average molecular weight is 245 g/mol. The standard InChI is InChI=1S/C11H23N3O3/c1-9(2)14-11(16)8-12-5-4-10(15)13-6-7-17-3/h9,12H,4-8H2,1-3H3,(H,13,15)(H,14,16). The van der Waals surface area contributed by atoms with Crippen LogP contribution in [0.25, 0.3) is 0 Å². The maximum Gasteiger partial charge on any atom is 0.234 e. The van der Waals surface area contributed by atoms with Crippen LogP contribution in [0.2, 0.25) is 0 Å². The molecule has 6 nitrogen and oxygen atoms in total. The first-order valence-electron chi connectivity index (χ1n) is 5.82. The van der Waals surface area contributed by atoms with Crippen LogP contribution >= 0.6 is 0 Å². The quantitative estimate of drug-likeness (QED) is 0.467. The van der Waals surface area contributed by atoms with Gasteiger partial charge in [-0.3, -0.25) is 9.59 Å². The highest BCUT2D eigenvalue weighted by Crippen LogP contribution is 1.79. The summed E-state index contributed by atoms with van der Waals surface area (Å²) in [7, 11) is 1.58. The van der Waals surface area contributed by atoms with Crippen LogP contribution in [0.3, 0.4) is 0 Å². The zero-order valence-corrected chi connectivity index (χ0v) is 10.8. The SMILES string of the molecule is COCCNC(=O)CCNCC(=O)NC(C)C. The van der Waals surface area contributed by atoms with E-state index in [0.717, 1.165) is 0 Å². The zero-order chi connectivity index (χ0) is 13.1. The summed E-state index contributed by atoms with van der Waals surface area (Å²) in [4.78, 5) is 22.5. The smallest absolute Gasteiger partial charge is 0.234 e. The topological polar surface area (TPSA) is 79.5 Å². The molecule has 0 aromatic heterocycles. The van der Waals surface area contributed by atoms with Gasteiger partial charge in [0.1, 0.15) is 0 Å². The molecule has 0 saturated carbocycles. The summed E-state index contributed by atoms with van der Waals surface area (Å²) >= 11 is 0. The van der Waals surface area contributed by atoms with Gasteiger partial charge >= 0.3 is 0 Å². The summed E-state index contributed by atoms with van der Waals surface area (Å²) in [6.45, 7) is 5.56. The van der Waals surface area contributed by atoms with Crippen molar-refractivity contribution in [3.63, 3.8) is 0 Å². The first-order chi connectivity index (χ1) is 8.06. The summed E-state index contributed by atoms with van der Waals surface area (Å²) < 4.78 is 4.80. The number of carbonyl (C=O) groups is 2. The van der Waals surface area contributed by atoms with E-state index in [1.807, 2.05) is 13.8 Å². The van der Waals surface area contributed by atoms with Crippen LogP contribution in [-0.2, 0) is 14.3 Å². The molecule has 0 rings (SSSR count). The van der Waals surface area contributed by atoms with Crippen LogP contribution in [0, 0.1) is 0 Å². The molecule has 0 atom stereocenters. The summed E-state index contributed by atoms with van der Waals surface area (Å²) in [6.07, 6.45) is 0.360. The average Bonchev–Trinajstić information content (AvgIpc) is 2.24. The second-order valence-corrected chi connectivity index (χ2v) is 3.99. The van der Waals surface area contributed by atoms with Crippen molar-refractivity contribution >= 4 is 11.8 Å². The van der Waals surface area contributed by atoms with Gasteiger partial charge in [-0.1, -0.05) is 0 Å². The lowest BCUT2D eigenvalue weighted by molar-refractivity contribution is -0.122. The molecule has 0 radical (unpaired) electrons. The number of amides is 2. The molecule has 0 spiro atoms. The summed E-state index contributed by atoms with van der Waals surface area (Å²) in [5.41, 5.74) is 0. The summed E-state index contributed by atoms with van der Waals surface area (Å²) in [5, 5.41) is 8.36. The molecule has 0 bridgehead atoms. The number of rotatable bonds is 9. The number of carbonyl (C=O) groups excluding carboxylic acids is 2. The van der Waals surface area contributed by atoms with Gasteiger partial charge < -0.3 is 20.7 Å². The van der Waals surface area contributed by atoms with Crippen molar-refractivity contribution in [2.24, 2.45) is 0 Å². The third kappa shape index (κ3) is 11.1. The first kappa shape index (κ1) is 15.9. The fourth-order valence-electron chi connectivity index (χ4n) is 1.16. The van der Waals surface area contributed by atoms with Crippen molar-refractivity contribution in [3.05, 3.63) is 0 Å². The minimum Gasteiger partial charge on any atom is -0.383 e. The maximum absolute atomic E-state index is 11.2. The Bertz CT molecular complexity index is 232. The molecule has 0 unspecified atom stereocenters. The largest absolute Gasteiger partial charge is 0.383 e. The first-order valence-corrected chi connectivity index (χ1v) is 5.82. The van der Waals surface area contributed by atoms with Crippen molar-refractivity contribution in [2.45, 2.75) is 26.3 Å². The molecular weight excluding hydrogens is 222 g/mol. The lowest BCUT2D eigenvalue weighted by Crippen LogP contribution is -2.39. The van der Waals surface area contributed by atoms with Gasteiger partial charge in [0.25, 0.3) is 0 Å². The molecular formula is C11H23N3O3. The molecule has 0 aliphatic carbocycles. The summed E-state index contributed by atoms with van der Waals surface area (Å²) in [5.74, 6) is -0.0985. The molecule has 0 aromatic carbocycles. The molecule has 0 aliphatic heterocycles. The van der Waals surface area contributed by atoms with Crippen molar-refractivity contribution < 1.29 is 14.3 Å². The fraction of sp³-hybridized carbons (Fsp3) is 0.818. The van der Waals surface area contributed by atoms with Gasteiger partial charge in [-0.05, 0) is 13.8 Å². The van der Waals surface area contributed by atoms with Crippen LogP contribution in [0.1, 0.15) is 20.3 Å². The molecule has 0 aromatic rings. The van der Waals surface area contributed by atoms with Crippen molar-refractivity contribution in [1.29, 1.82) is 0 Å². The van der Waals surface area contributed by atoms with Gasteiger partial charge in [0.05, 0.1) is 13.2 Å². The number of hydrogen-bond donors (Lipinski definition) is 3. The van der Waals surface area contributed by atoms with Gasteiger partial charge in [-0.25, -0.2) is 0 Å². The van der Waals surface area contributed by atoms with E-state index < -0.39 is 0 Å². The van der Waals surface area contributed by atoms with Gasteiger partial charge in [0.2, 0.25) is 11.8 Å². The molecule has 6 heteroatoms. The third-order valence-corrected chi connectivity index (χ3v) is 1.89. The molecule has 0 saturated heterocycles. The second kappa shape index (κ2) is 10.0. The van der Waals surface area contributed by atoms with Crippen LogP contribution in [0.15, 0.2) is 0 Å². The summed E-state index contributed by atoms with van der Waals surface area (Å²) in [6, 6.07) is 0.140. The monoisotopic (exact) mass is 245 g/mol. The van der Waals surface area contributed by atoms with Crippen LogP contribution < -0.4 is 16.0 Å². The van der Waals surface area contributed by atoms with Crippen molar-refractivity contribution in [1.82, 2.24) is 16.0 Å². The number of methoxy groups -OCH3 is 1. The van der Waals surface area contributed by atoms with Crippen LogP contribution in [0.4, 0.5) is 0 Å². The van der Waals surface area contributed by atoms with E-state index >= 15 is 0 Å². The minimum absolute atomic E-state index is 0.0428. The van der Waals surface area contributed by atoms with Crippen LogP contribution in [-0.4, -0.2) is 51.2 Å². The van der Waals surface area contributed by atoms with Gasteiger partial charge in [-0.2, -0.15) is 0 Å². The zero-order valence-electron chi connectivity index (χ0n) is 10.8. The predicted octanol–water partition coefficient (Wildman–Crippen LogP) is -0.747. The van der Waals surface area contributed by atoms with E-state index in [4.69, 9.17) is 4.74 Å². The van der Waals surface area contributed by atoms with E-state index in [2.05, 4.69) is 16.0 Å². The third-order valence-electron chi connectivity index (χ3n) is 1.89. The molecule has 17 heavy (non-hydrogen) atoms. The normalized spacial score (nSPS) is 10.4. The molecule has 2 amide bonds. The number of ether oxygens (including phenoxy) is 1. The maximum atomic E-state index is 11.2. The van der Waals surface area contributed by atoms with Gasteiger partial charge in [0, 0.05) is 32.7 Å². The molecule has 0 heterocycles. The van der Waals surface area contributed by atoms with Crippen molar-refractivity contribution in [2.75, 3.05) is 33.4 Å². The molecule has 0 fully saturated rings. The van der Waals surface area contributed by atoms with E-state index in [1.54, 1.807) is 7.11 Å². The highest BCUT2D eigenvalue weighted by atomic mass is 16.5. The Labute approximate surface area is 102 Å². The van der Waals surface area contributed by atoms with Gasteiger partial charge in [0.15, 0.2) is 0 Å². The Balaban J connectivity index is 3.38. The van der Waals surface area contributed by atoms with E-state index in [9.17, 15) is 9.59 Å². The Morgan fingerprint density at radius 2 is 1.88 bits per heavy atom. The van der Waals surface area contributed by atoms with Gasteiger partial charge in [-0.15, -0.1) is 0 Å². The lowest BCUT2D eigenvalue weighted by atomic mass is 10.3. The Hall–Kier alpha value is -1.14. The van der Waals surface area contributed by atoms with Crippen LogP contribution in [0.5, 0.6) is 0 Å².